The van der Waals surface area contributed by atoms with Gasteiger partial charge in [-0.1, -0.05) is 85.0 Å². The van der Waals surface area contributed by atoms with Gasteiger partial charge < -0.3 is 14.2 Å². The van der Waals surface area contributed by atoms with Gasteiger partial charge in [0.2, 0.25) is 0 Å². The van der Waals surface area contributed by atoms with E-state index in [-0.39, 0.29) is 0 Å². The third-order valence-corrected chi connectivity index (χ3v) is 4.92. The molecule has 3 heterocycles. The van der Waals surface area contributed by atoms with Crippen LogP contribution in [0.5, 0.6) is 0 Å². The quantitative estimate of drug-likeness (QED) is 0.287. The van der Waals surface area contributed by atoms with Crippen LogP contribution in [0.1, 0.15) is 104 Å². The molecule has 0 amide bonds. The third-order valence-electron chi connectivity index (χ3n) is 4.92. The fourth-order valence-electron chi connectivity index (χ4n) is 2.72. The van der Waals surface area contributed by atoms with Gasteiger partial charge >= 0.3 is 0 Å². The standard InChI is InChI=1S/C10H20O.C8H16O.C4H8O/c1-2-3-4-5-6-7-8-10-9-11-10;1-2-3-4-5-6-8-7-9-8;1-2-4-3-5-4/h10H,2-9H2,1H3;8H,2-7H2,1H3;4H,2-3H2,1H3. The number of ether oxygens (including phenoxy) is 3. The van der Waals surface area contributed by atoms with E-state index < -0.39 is 0 Å². The molecule has 0 aromatic rings. The van der Waals surface area contributed by atoms with Crippen molar-refractivity contribution in [2.45, 2.75) is 123 Å². The molecule has 0 saturated carbocycles. The van der Waals surface area contributed by atoms with Crippen LogP contribution >= 0.6 is 0 Å². The van der Waals surface area contributed by atoms with E-state index in [4.69, 9.17) is 14.2 Å². The smallest absolute Gasteiger partial charge is 0.0810 e. The molecule has 3 unspecified atom stereocenters. The average molecular weight is 357 g/mol. The Kier molecular flexibility index (Phi) is 14.7. The summed E-state index contributed by atoms with van der Waals surface area (Å²) in [5.74, 6) is 0. The second-order valence-electron chi connectivity index (χ2n) is 7.68. The molecule has 3 fully saturated rings. The van der Waals surface area contributed by atoms with Crippen LogP contribution in [0.2, 0.25) is 0 Å². The number of hydrogen-bond acceptors (Lipinski definition) is 3. The molecule has 3 heteroatoms. The van der Waals surface area contributed by atoms with Crippen molar-refractivity contribution in [2.24, 2.45) is 0 Å². The van der Waals surface area contributed by atoms with Gasteiger partial charge in [-0.2, -0.15) is 0 Å². The van der Waals surface area contributed by atoms with Crippen molar-refractivity contribution in [3.05, 3.63) is 0 Å². The van der Waals surface area contributed by atoms with Crippen molar-refractivity contribution >= 4 is 0 Å². The van der Waals surface area contributed by atoms with Crippen LogP contribution in [0.15, 0.2) is 0 Å². The van der Waals surface area contributed by atoms with Crippen molar-refractivity contribution in [3.63, 3.8) is 0 Å². The van der Waals surface area contributed by atoms with E-state index in [1.54, 1.807) is 0 Å². The Labute approximate surface area is 157 Å². The lowest BCUT2D eigenvalue weighted by Crippen LogP contribution is -1.85. The largest absolute Gasteiger partial charge is 0.373 e. The molecule has 0 aromatic carbocycles. The van der Waals surface area contributed by atoms with Gasteiger partial charge in [-0.3, -0.25) is 0 Å². The Morgan fingerprint density at radius 2 is 0.880 bits per heavy atom. The minimum atomic E-state index is 0.634. The predicted octanol–water partition coefficient (Wildman–Crippen LogP) is 6.29. The van der Waals surface area contributed by atoms with E-state index in [2.05, 4.69) is 20.8 Å². The summed E-state index contributed by atoms with van der Waals surface area (Å²) in [7, 11) is 0. The number of rotatable bonds is 13. The number of epoxide rings is 3. The minimum Gasteiger partial charge on any atom is -0.373 e. The average Bonchev–Trinajstić information content (AvgIpc) is 3.51. The third kappa shape index (κ3) is 18.5. The Hall–Kier alpha value is -0.120. The highest BCUT2D eigenvalue weighted by atomic mass is 16.6. The molecular weight excluding hydrogens is 312 g/mol. The molecule has 150 valence electrons. The molecule has 0 spiro atoms. The van der Waals surface area contributed by atoms with E-state index >= 15 is 0 Å². The lowest BCUT2D eigenvalue weighted by molar-refractivity contribution is 0.387. The first kappa shape index (κ1) is 22.9. The predicted molar refractivity (Wildman–Crippen MR) is 106 cm³/mol. The minimum absolute atomic E-state index is 0.634. The summed E-state index contributed by atoms with van der Waals surface area (Å²) in [4.78, 5) is 0. The van der Waals surface area contributed by atoms with Crippen molar-refractivity contribution in [1.82, 2.24) is 0 Å². The van der Waals surface area contributed by atoms with Crippen molar-refractivity contribution in [3.8, 4) is 0 Å². The van der Waals surface area contributed by atoms with Gasteiger partial charge in [-0.25, -0.2) is 0 Å². The molecule has 0 radical (unpaired) electrons. The molecule has 3 aliphatic rings. The van der Waals surface area contributed by atoms with Crippen LogP contribution in [-0.2, 0) is 14.2 Å². The zero-order valence-corrected chi connectivity index (χ0v) is 17.3. The topological polar surface area (TPSA) is 37.6 Å². The Morgan fingerprint density at radius 1 is 0.520 bits per heavy atom. The molecule has 25 heavy (non-hydrogen) atoms. The molecular formula is C22H44O3. The van der Waals surface area contributed by atoms with Crippen LogP contribution in [0.3, 0.4) is 0 Å². The van der Waals surface area contributed by atoms with E-state index in [1.165, 1.54) is 83.5 Å². The van der Waals surface area contributed by atoms with Gasteiger partial charge in [-0.15, -0.1) is 0 Å². The number of hydrogen-bond donors (Lipinski definition) is 0. The first-order valence-corrected chi connectivity index (χ1v) is 11.1. The van der Waals surface area contributed by atoms with Crippen LogP contribution in [0, 0.1) is 0 Å². The van der Waals surface area contributed by atoms with Gasteiger partial charge in [0.1, 0.15) is 0 Å². The lowest BCUT2D eigenvalue weighted by Gasteiger charge is -1.97. The van der Waals surface area contributed by atoms with E-state index in [1.807, 2.05) is 0 Å². The summed E-state index contributed by atoms with van der Waals surface area (Å²) < 4.78 is 15.1. The monoisotopic (exact) mass is 356 g/mol. The molecule has 3 atom stereocenters. The van der Waals surface area contributed by atoms with Gasteiger partial charge in [0.05, 0.1) is 38.1 Å². The molecule has 0 aliphatic carbocycles. The SMILES string of the molecule is CCC1CO1.CCCCCCC1CO1.CCCCCCCCC1CO1. The van der Waals surface area contributed by atoms with Crippen molar-refractivity contribution < 1.29 is 14.2 Å². The highest BCUT2D eigenvalue weighted by molar-refractivity contribution is 4.68. The fourth-order valence-corrected chi connectivity index (χ4v) is 2.72. The van der Waals surface area contributed by atoms with Crippen LogP contribution in [0.25, 0.3) is 0 Å². The molecule has 3 saturated heterocycles. The second-order valence-corrected chi connectivity index (χ2v) is 7.68. The van der Waals surface area contributed by atoms with E-state index in [0.717, 1.165) is 19.8 Å². The first-order chi connectivity index (χ1) is 12.3. The molecule has 0 bridgehead atoms. The molecule has 3 rings (SSSR count). The van der Waals surface area contributed by atoms with E-state index in [0.29, 0.717) is 18.3 Å². The van der Waals surface area contributed by atoms with Gasteiger partial charge in [0, 0.05) is 0 Å². The van der Waals surface area contributed by atoms with Gasteiger partial charge in [-0.05, 0) is 19.3 Å². The zero-order valence-electron chi connectivity index (χ0n) is 17.3. The summed E-state index contributed by atoms with van der Waals surface area (Å²) >= 11 is 0. The summed E-state index contributed by atoms with van der Waals surface area (Å²) in [6.45, 7) is 9.72. The van der Waals surface area contributed by atoms with Crippen LogP contribution in [0.4, 0.5) is 0 Å². The van der Waals surface area contributed by atoms with Crippen molar-refractivity contribution in [1.29, 1.82) is 0 Å². The number of unbranched alkanes of at least 4 members (excludes halogenated alkanes) is 8. The Balaban J connectivity index is 0.000000200. The maximum absolute atomic E-state index is 5.14. The molecule has 3 aliphatic heterocycles. The van der Waals surface area contributed by atoms with Crippen LogP contribution in [-0.4, -0.2) is 38.1 Å². The maximum Gasteiger partial charge on any atom is 0.0810 e. The van der Waals surface area contributed by atoms with E-state index in [9.17, 15) is 0 Å². The van der Waals surface area contributed by atoms with Gasteiger partial charge in [0.25, 0.3) is 0 Å². The normalized spacial score (nSPS) is 25.3. The van der Waals surface area contributed by atoms with Crippen LogP contribution < -0.4 is 0 Å². The molecule has 3 nitrogen and oxygen atoms in total. The zero-order chi connectivity index (χ0) is 18.2. The van der Waals surface area contributed by atoms with Crippen molar-refractivity contribution in [2.75, 3.05) is 19.8 Å². The summed E-state index contributed by atoms with van der Waals surface area (Å²) in [5, 5.41) is 0. The first-order valence-electron chi connectivity index (χ1n) is 11.1. The van der Waals surface area contributed by atoms with Gasteiger partial charge in [0.15, 0.2) is 0 Å². The Bertz CT molecular complexity index is 270. The second kappa shape index (κ2) is 16.1. The molecule has 0 aromatic heterocycles. The summed E-state index contributed by atoms with van der Waals surface area (Å²) in [6, 6.07) is 0. The fraction of sp³-hybridized carbons (Fsp3) is 1.00. The highest BCUT2D eigenvalue weighted by Crippen LogP contribution is 2.18. The molecule has 0 N–H and O–H groups in total. The Morgan fingerprint density at radius 3 is 1.20 bits per heavy atom. The highest BCUT2D eigenvalue weighted by Gasteiger charge is 2.21. The maximum atomic E-state index is 5.14. The summed E-state index contributed by atoms with van der Waals surface area (Å²) in [5.41, 5.74) is 0. The summed E-state index contributed by atoms with van der Waals surface area (Å²) in [6.07, 6.45) is 19.7. The lowest BCUT2D eigenvalue weighted by atomic mass is 10.1.